The molecule has 0 radical (unpaired) electrons. The van der Waals surface area contributed by atoms with Gasteiger partial charge < -0.3 is 9.84 Å². The molecule has 2 aromatic carbocycles. The van der Waals surface area contributed by atoms with E-state index in [1.54, 1.807) is 13.8 Å². The molecule has 0 saturated carbocycles. The highest BCUT2D eigenvalue weighted by Gasteiger charge is 2.45. The summed E-state index contributed by atoms with van der Waals surface area (Å²) < 4.78 is 4.71. The van der Waals surface area contributed by atoms with Gasteiger partial charge in [-0.15, -0.1) is 0 Å². The Balaban J connectivity index is 0.000000351. The van der Waals surface area contributed by atoms with Crippen LogP contribution < -0.4 is 0 Å². The quantitative estimate of drug-likeness (QED) is 0.325. The molecule has 0 bridgehead atoms. The maximum absolute atomic E-state index is 11.7. The minimum absolute atomic E-state index is 0. The van der Waals surface area contributed by atoms with Crippen LogP contribution in [0.15, 0.2) is 60.7 Å². The summed E-state index contributed by atoms with van der Waals surface area (Å²) in [5.41, 5.74) is 2.08. The Labute approximate surface area is 215 Å². The number of ether oxygens (including phenoxy) is 1. The summed E-state index contributed by atoms with van der Waals surface area (Å²) in [5, 5.41) is 9.40. The molecule has 1 heterocycles. The van der Waals surface area contributed by atoms with Crippen molar-refractivity contribution < 1.29 is 29.0 Å². The highest BCUT2D eigenvalue weighted by Crippen LogP contribution is 2.38. The molecule has 1 fully saturated rings. The molecule has 6 atom stereocenters. The van der Waals surface area contributed by atoms with Gasteiger partial charge in [0.1, 0.15) is 5.78 Å². The van der Waals surface area contributed by atoms with Crippen molar-refractivity contribution in [3.8, 4) is 0 Å². The normalized spacial score (nSPS) is 20.0. The van der Waals surface area contributed by atoms with Crippen molar-refractivity contribution in [2.75, 3.05) is 0 Å². The number of carbonyl (C=O) groups excluding carboxylic acids is 3. The van der Waals surface area contributed by atoms with E-state index in [4.69, 9.17) is 4.74 Å². The van der Waals surface area contributed by atoms with Crippen LogP contribution in [-0.2, 0) is 23.9 Å². The SMILES string of the molecule is C.CCC(c1ccccc1)C(C(=O)O)C(C)C(C)=O.CCC(c1ccccc1)C1C(=O)OC(=O)C1C. The number of ketones is 1. The van der Waals surface area contributed by atoms with Crippen molar-refractivity contribution in [3.63, 3.8) is 0 Å². The summed E-state index contributed by atoms with van der Waals surface area (Å²) in [5.74, 6) is -3.60. The van der Waals surface area contributed by atoms with Crippen LogP contribution in [0.3, 0.4) is 0 Å². The van der Waals surface area contributed by atoms with Gasteiger partial charge in [0.2, 0.25) is 0 Å². The van der Waals surface area contributed by atoms with Crippen LogP contribution in [0.1, 0.15) is 77.8 Å². The Hall–Kier alpha value is -3.28. The third kappa shape index (κ3) is 7.36. The topological polar surface area (TPSA) is 97.7 Å². The summed E-state index contributed by atoms with van der Waals surface area (Å²) in [6.45, 7) is 8.91. The molecule has 1 saturated heterocycles. The van der Waals surface area contributed by atoms with E-state index in [2.05, 4.69) is 0 Å². The smallest absolute Gasteiger partial charge is 0.318 e. The zero-order valence-electron chi connectivity index (χ0n) is 21.1. The Morgan fingerprint density at radius 2 is 1.39 bits per heavy atom. The van der Waals surface area contributed by atoms with Crippen LogP contribution in [0.5, 0.6) is 0 Å². The van der Waals surface area contributed by atoms with Crippen molar-refractivity contribution in [2.24, 2.45) is 23.7 Å². The van der Waals surface area contributed by atoms with Crippen molar-refractivity contribution in [3.05, 3.63) is 71.8 Å². The predicted molar refractivity (Wildman–Crippen MR) is 140 cm³/mol. The van der Waals surface area contributed by atoms with Crippen molar-refractivity contribution in [1.29, 1.82) is 0 Å². The van der Waals surface area contributed by atoms with E-state index in [1.807, 2.05) is 74.5 Å². The average Bonchev–Trinajstić information content (AvgIpc) is 3.10. The first kappa shape index (κ1) is 30.8. The Bertz CT molecular complexity index is 1000. The maximum Gasteiger partial charge on any atom is 0.318 e. The van der Waals surface area contributed by atoms with Gasteiger partial charge in [0.05, 0.1) is 17.8 Å². The Kier molecular flexibility index (Phi) is 12.2. The molecule has 6 unspecified atom stereocenters. The number of rotatable bonds is 9. The standard InChI is InChI=1S/C15H20O3.C14H16O3.CH4/c1-4-13(12-8-6-5-7-9-12)14(15(17)18)10(2)11(3)16;1-3-11(10-7-5-4-6-8-10)12-9(2)13(15)17-14(12)16;/h5-10,13-14H,4H2,1-3H3,(H,17,18);4-9,11-12H,3H2,1-2H3;1H4. The molecule has 6 heteroatoms. The minimum Gasteiger partial charge on any atom is -0.481 e. The molecule has 1 N–H and O–H groups in total. The van der Waals surface area contributed by atoms with E-state index in [0.29, 0.717) is 6.42 Å². The number of carboxylic acid groups (broad SMARTS) is 1. The lowest BCUT2D eigenvalue weighted by Gasteiger charge is -2.27. The highest BCUT2D eigenvalue weighted by atomic mass is 16.6. The molecule has 0 aliphatic carbocycles. The van der Waals surface area contributed by atoms with Crippen LogP contribution in [0.4, 0.5) is 0 Å². The van der Waals surface area contributed by atoms with Gasteiger partial charge in [0.25, 0.3) is 0 Å². The second kappa shape index (κ2) is 14.3. The number of esters is 2. The van der Waals surface area contributed by atoms with Crippen molar-refractivity contribution >= 4 is 23.7 Å². The number of hydrogen-bond donors (Lipinski definition) is 1. The number of benzene rings is 2. The predicted octanol–water partition coefficient (Wildman–Crippen LogP) is 6.26. The lowest BCUT2D eigenvalue weighted by molar-refractivity contribution is -0.154. The Morgan fingerprint density at radius 3 is 1.75 bits per heavy atom. The third-order valence-corrected chi connectivity index (χ3v) is 7.05. The van der Waals surface area contributed by atoms with Crippen LogP contribution >= 0.6 is 0 Å². The average molecular weight is 497 g/mol. The maximum atomic E-state index is 11.7. The first-order valence-corrected chi connectivity index (χ1v) is 12.2. The molecule has 0 amide bonds. The molecular formula is C30H40O6. The number of Topliss-reactive ketones (excluding diaryl/α,β-unsaturated/α-hetero) is 1. The number of carboxylic acids is 1. The highest BCUT2D eigenvalue weighted by molar-refractivity contribution is 5.96. The van der Waals surface area contributed by atoms with Gasteiger partial charge in [-0.1, -0.05) is 95.8 Å². The molecule has 0 aromatic heterocycles. The molecule has 196 valence electrons. The lowest BCUT2D eigenvalue weighted by atomic mass is 9.76. The molecule has 1 aliphatic rings. The minimum atomic E-state index is -0.895. The second-order valence-electron chi connectivity index (χ2n) is 9.17. The number of aliphatic carboxylic acids is 1. The van der Waals surface area contributed by atoms with E-state index in [0.717, 1.165) is 17.5 Å². The van der Waals surface area contributed by atoms with Crippen LogP contribution in [0, 0.1) is 23.7 Å². The number of cyclic esters (lactones) is 2. The van der Waals surface area contributed by atoms with E-state index in [9.17, 15) is 24.3 Å². The third-order valence-electron chi connectivity index (χ3n) is 7.05. The zero-order chi connectivity index (χ0) is 26.1. The van der Waals surface area contributed by atoms with Crippen LogP contribution in [0.2, 0.25) is 0 Å². The summed E-state index contributed by atoms with van der Waals surface area (Å²) >= 11 is 0. The van der Waals surface area contributed by atoms with Crippen molar-refractivity contribution in [1.82, 2.24) is 0 Å². The Morgan fingerprint density at radius 1 is 0.889 bits per heavy atom. The summed E-state index contributed by atoms with van der Waals surface area (Å²) in [6.07, 6.45) is 1.53. The van der Waals surface area contributed by atoms with Gasteiger partial charge >= 0.3 is 17.9 Å². The fourth-order valence-electron chi connectivity index (χ4n) is 4.91. The fourth-order valence-corrected chi connectivity index (χ4v) is 4.91. The van der Waals surface area contributed by atoms with Gasteiger partial charge in [0.15, 0.2) is 0 Å². The summed E-state index contributed by atoms with van der Waals surface area (Å²) in [6, 6.07) is 19.4. The van der Waals surface area contributed by atoms with E-state index in [1.165, 1.54) is 6.92 Å². The molecule has 0 spiro atoms. The fraction of sp³-hybridized carbons (Fsp3) is 0.467. The van der Waals surface area contributed by atoms with E-state index in [-0.39, 0.29) is 42.9 Å². The first-order valence-electron chi connectivity index (χ1n) is 12.2. The molecule has 36 heavy (non-hydrogen) atoms. The van der Waals surface area contributed by atoms with E-state index < -0.39 is 23.8 Å². The van der Waals surface area contributed by atoms with E-state index >= 15 is 0 Å². The first-order chi connectivity index (χ1) is 16.6. The number of carbonyl (C=O) groups is 4. The number of hydrogen-bond acceptors (Lipinski definition) is 5. The largest absolute Gasteiger partial charge is 0.481 e. The monoisotopic (exact) mass is 496 g/mol. The van der Waals surface area contributed by atoms with Gasteiger partial charge in [-0.2, -0.15) is 0 Å². The van der Waals surface area contributed by atoms with Crippen molar-refractivity contribution in [2.45, 2.75) is 66.7 Å². The molecule has 3 rings (SSSR count). The van der Waals surface area contributed by atoms with Gasteiger partial charge in [-0.3, -0.25) is 19.2 Å². The second-order valence-corrected chi connectivity index (χ2v) is 9.17. The molecule has 6 nitrogen and oxygen atoms in total. The van der Waals surface area contributed by atoms with Gasteiger partial charge in [-0.05, 0) is 42.7 Å². The van der Waals surface area contributed by atoms with Gasteiger partial charge in [-0.25, -0.2) is 0 Å². The zero-order valence-corrected chi connectivity index (χ0v) is 21.1. The molecule has 2 aromatic rings. The van der Waals surface area contributed by atoms with Gasteiger partial charge in [0, 0.05) is 5.92 Å². The lowest BCUT2D eigenvalue weighted by Crippen LogP contribution is -2.31. The molecular weight excluding hydrogens is 456 g/mol. The summed E-state index contributed by atoms with van der Waals surface area (Å²) in [7, 11) is 0. The summed E-state index contributed by atoms with van der Waals surface area (Å²) in [4.78, 5) is 46.1. The van der Waals surface area contributed by atoms with Crippen LogP contribution in [0.25, 0.3) is 0 Å². The molecule has 1 aliphatic heterocycles. The van der Waals surface area contributed by atoms with Crippen LogP contribution in [-0.4, -0.2) is 28.8 Å².